The summed E-state index contributed by atoms with van der Waals surface area (Å²) in [5.74, 6) is 0.0483. The SMILES string of the molecule is CC(C)CNC(=O)C(C)N(CCc1ccccc1)C(=O)Cc1ccc(Cl)cc1Cl. The lowest BCUT2D eigenvalue weighted by molar-refractivity contribution is -0.139. The van der Waals surface area contributed by atoms with Crippen LogP contribution >= 0.6 is 23.2 Å². The molecule has 0 aromatic heterocycles. The third-order valence-corrected chi connectivity index (χ3v) is 5.28. The monoisotopic (exact) mass is 434 g/mol. The van der Waals surface area contributed by atoms with E-state index >= 15 is 0 Å². The van der Waals surface area contributed by atoms with Crippen LogP contribution in [0.4, 0.5) is 0 Å². The molecule has 0 radical (unpaired) electrons. The lowest BCUT2D eigenvalue weighted by Gasteiger charge is -2.29. The lowest BCUT2D eigenvalue weighted by Crippen LogP contribution is -2.49. The molecule has 0 spiro atoms. The predicted octanol–water partition coefficient (Wildman–Crippen LogP) is 4.77. The number of hydrogen-bond donors (Lipinski definition) is 1. The van der Waals surface area contributed by atoms with Crippen LogP contribution in [0.25, 0.3) is 0 Å². The van der Waals surface area contributed by atoms with Crippen molar-refractivity contribution in [2.45, 2.75) is 39.7 Å². The van der Waals surface area contributed by atoms with Crippen LogP contribution in [-0.4, -0.2) is 35.8 Å². The standard InChI is InChI=1S/C23H28Cl2N2O2/c1-16(2)15-26-23(29)17(3)27(12-11-18-7-5-4-6-8-18)22(28)13-19-9-10-20(24)14-21(19)25/h4-10,14,16-17H,11-13,15H2,1-3H3,(H,26,29). The van der Waals surface area contributed by atoms with E-state index in [1.54, 1.807) is 30.0 Å². The first-order valence-corrected chi connectivity index (χ1v) is 10.6. The largest absolute Gasteiger partial charge is 0.354 e. The zero-order chi connectivity index (χ0) is 21.4. The zero-order valence-corrected chi connectivity index (χ0v) is 18.6. The van der Waals surface area contributed by atoms with E-state index in [4.69, 9.17) is 23.2 Å². The van der Waals surface area contributed by atoms with Crippen molar-refractivity contribution in [2.24, 2.45) is 5.92 Å². The molecule has 29 heavy (non-hydrogen) atoms. The molecule has 0 saturated heterocycles. The smallest absolute Gasteiger partial charge is 0.242 e. The van der Waals surface area contributed by atoms with E-state index in [0.29, 0.717) is 41.0 Å². The lowest BCUT2D eigenvalue weighted by atomic mass is 10.1. The van der Waals surface area contributed by atoms with E-state index < -0.39 is 6.04 Å². The molecule has 6 heteroatoms. The second-order valence-electron chi connectivity index (χ2n) is 7.55. The van der Waals surface area contributed by atoms with Crippen molar-refractivity contribution < 1.29 is 9.59 Å². The highest BCUT2D eigenvalue weighted by Crippen LogP contribution is 2.22. The third-order valence-electron chi connectivity index (χ3n) is 4.69. The Bertz CT molecular complexity index is 825. The molecule has 4 nitrogen and oxygen atoms in total. The Kier molecular flexibility index (Phi) is 8.99. The predicted molar refractivity (Wildman–Crippen MR) is 119 cm³/mol. The van der Waals surface area contributed by atoms with E-state index in [-0.39, 0.29) is 18.2 Å². The Morgan fingerprint density at radius 2 is 1.72 bits per heavy atom. The third kappa shape index (κ3) is 7.37. The molecule has 0 heterocycles. The summed E-state index contributed by atoms with van der Waals surface area (Å²) < 4.78 is 0. The van der Waals surface area contributed by atoms with Gasteiger partial charge in [0.15, 0.2) is 0 Å². The number of halogens is 2. The maximum absolute atomic E-state index is 13.1. The van der Waals surface area contributed by atoms with Gasteiger partial charge in [-0.1, -0.05) is 73.4 Å². The summed E-state index contributed by atoms with van der Waals surface area (Å²) in [7, 11) is 0. The highest BCUT2D eigenvalue weighted by molar-refractivity contribution is 6.35. The minimum absolute atomic E-state index is 0.118. The van der Waals surface area contributed by atoms with Gasteiger partial charge in [-0.2, -0.15) is 0 Å². The van der Waals surface area contributed by atoms with Gasteiger partial charge >= 0.3 is 0 Å². The average Bonchev–Trinajstić information content (AvgIpc) is 2.69. The van der Waals surface area contributed by atoms with Crippen molar-refractivity contribution in [3.8, 4) is 0 Å². The average molecular weight is 435 g/mol. The molecular weight excluding hydrogens is 407 g/mol. The quantitative estimate of drug-likeness (QED) is 0.617. The van der Waals surface area contributed by atoms with Crippen LogP contribution in [0.3, 0.4) is 0 Å². The van der Waals surface area contributed by atoms with Gasteiger partial charge in [0, 0.05) is 23.1 Å². The molecule has 0 aliphatic heterocycles. The Morgan fingerprint density at radius 1 is 1.03 bits per heavy atom. The Balaban J connectivity index is 2.15. The summed E-state index contributed by atoms with van der Waals surface area (Å²) in [5, 5.41) is 3.89. The molecule has 2 amide bonds. The van der Waals surface area contributed by atoms with Crippen molar-refractivity contribution in [1.29, 1.82) is 0 Å². The fraction of sp³-hybridized carbons (Fsp3) is 0.391. The molecule has 2 aromatic carbocycles. The van der Waals surface area contributed by atoms with Crippen LogP contribution in [0.1, 0.15) is 31.9 Å². The summed E-state index contributed by atoms with van der Waals surface area (Å²) in [5.41, 5.74) is 1.81. The van der Waals surface area contributed by atoms with Gasteiger partial charge in [0.25, 0.3) is 0 Å². The van der Waals surface area contributed by atoms with E-state index in [9.17, 15) is 9.59 Å². The van der Waals surface area contributed by atoms with Gasteiger partial charge in [0.1, 0.15) is 6.04 Å². The molecule has 0 fully saturated rings. The molecule has 2 rings (SSSR count). The summed E-state index contributed by atoms with van der Waals surface area (Å²) in [6.45, 7) is 6.86. The highest BCUT2D eigenvalue weighted by atomic mass is 35.5. The minimum Gasteiger partial charge on any atom is -0.354 e. The van der Waals surface area contributed by atoms with E-state index in [0.717, 1.165) is 5.56 Å². The Hall–Kier alpha value is -2.04. The van der Waals surface area contributed by atoms with Gasteiger partial charge < -0.3 is 10.2 Å². The van der Waals surface area contributed by atoms with Crippen LogP contribution in [0.15, 0.2) is 48.5 Å². The van der Waals surface area contributed by atoms with E-state index in [2.05, 4.69) is 5.32 Å². The fourth-order valence-corrected chi connectivity index (χ4v) is 3.43. The van der Waals surface area contributed by atoms with Crippen LogP contribution in [0.5, 0.6) is 0 Å². The number of rotatable bonds is 9. The maximum atomic E-state index is 13.1. The molecular formula is C23H28Cl2N2O2. The first kappa shape index (κ1) is 23.2. The topological polar surface area (TPSA) is 49.4 Å². The summed E-state index contributed by atoms with van der Waals surface area (Å²) in [6.07, 6.45) is 0.787. The molecule has 0 saturated carbocycles. The van der Waals surface area contributed by atoms with Crippen LogP contribution < -0.4 is 5.32 Å². The number of nitrogens with one attached hydrogen (secondary N) is 1. The van der Waals surface area contributed by atoms with Crippen LogP contribution in [0.2, 0.25) is 10.0 Å². The van der Waals surface area contributed by atoms with Gasteiger partial charge in [0.2, 0.25) is 11.8 Å². The molecule has 156 valence electrons. The van der Waals surface area contributed by atoms with E-state index in [1.807, 2.05) is 44.2 Å². The summed E-state index contributed by atoms with van der Waals surface area (Å²) in [4.78, 5) is 27.4. The van der Waals surface area contributed by atoms with Gasteiger partial charge in [-0.25, -0.2) is 0 Å². The number of nitrogens with zero attached hydrogens (tertiary/aromatic N) is 1. The van der Waals surface area contributed by atoms with Crippen LogP contribution in [0, 0.1) is 5.92 Å². The fourth-order valence-electron chi connectivity index (χ4n) is 2.95. The molecule has 1 atom stereocenters. The van der Waals surface area contributed by atoms with E-state index in [1.165, 1.54) is 0 Å². The molecule has 1 unspecified atom stereocenters. The molecule has 1 N–H and O–H groups in total. The second kappa shape index (κ2) is 11.2. The number of carbonyl (C=O) groups is 2. The van der Waals surface area contributed by atoms with Crippen molar-refractivity contribution >= 4 is 35.0 Å². The van der Waals surface area contributed by atoms with Crippen molar-refractivity contribution in [3.63, 3.8) is 0 Å². The number of benzene rings is 2. The summed E-state index contributed by atoms with van der Waals surface area (Å²) >= 11 is 12.2. The molecule has 0 aliphatic carbocycles. The van der Waals surface area contributed by atoms with Gasteiger partial charge in [-0.05, 0) is 42.5 Å². The summed E-state index contributed by atoms with van der Waals surface area (Å²) in [6, 6.07) is 14.4. The molecule has 0 aliphatic rings. The highest BCUT2D eigenvalue weighted by Gasteiger charge is 2.26. The van der Waals surface area contributed by atoms with Gasteiger partial charge in [-0.3, -0.25) is 9.59 Å². The van der Waals surface area contributed by atoms with Gasteiger partial charge in [0.05, 0.1) is 6.42 Å². The first-order valence-electron chi connectivity index (χ1n) is 9.83. The molecule has 2 aromatic rings. The number of carbonyl (C=O) groups excluding carboxylic acids is 2. The van der Waals surface area contributed by atoms with Gasteiger partial charge in [-0.15, -0.1) is 0 Å². The van der Waals surface area contributed by atoms with Crippen molar-refractivity contribution in [3.05, 3.63) is 69.7 Å². The normalized spacial score (nSPS) is 11.9. The minimum atomic E-state index is -0.573. The zero-order valence-electron chi connectivity index (χ0n) is 17.1. The number of hydrogen-bond acceptors (Lipinski definition) is 2. The van der Waals surface area contributed by atoms with Crippen molar-refractivity contribution in [1.82, 2.24) is 10.2 Å². The maximum Gasteiger partial charge on any atom is 0.242 e. The van der Waals surface area contributed by atoms with Crippen LogP contribution in [-0.2, 0) is 22.4 Å². The first-order chi connectivity index (χ1) is 13.8. The molecule has 0 bridgehead atoms. The Labute approximate surface area is 183 Å². The Morgan fingerprint density at radius 3 is 2.34 bits per heavy atom. The second-order valence-corrected chi connectivity index (χ2v) is 8.39. The number of amides is 2. The van der Waals surface area contributed by atoms with Crippen molar-refractivity contribution in [2.75, 3.05) is 13.1 Å².